The summed E-state index contributed by atoms with van der Waals surface area (Å²) in [7, 11) is 2.18. The quantitative estimate of drug-likeness (QED) is 0.449. The second kappa shape index (κ2) is 11.7. The van der Waals surface area contributed by atoms with Gasteiger partial charge in [0.15, 0.2) is 0 Å². The van der Waals surface area contributed by atoms with Gasteiger partial charge in [0.25, 0.3) is 0 Å². The number of hydrogen-bond acceptors (Lipinski definition) is 4. The molecule has 1 atom stereocenters. The number of piperidine rings is 1. The zero-order valence-corrected chi connectivity index (χ0v) is 23.5. The van der Waals surface area contributed by atoms with Gasteiger partial charge in [-0.15, -0.1) is 0 Å². The standard InChI is InChI=1S/C31H42ClN3O2/c1-22(2)18-35(19-23-16-24-8-4-5-15-37-30(24)28(32)17-23)31(36)26-10-7-13-34(21-26)20-25-9-6-11-29-27(25)12-14-33(29)3/h6,9,11,16-17,22,26H,4-5,7-8,10,12-15,18-21H2,1-3H3. The highest BCUT2D eigenvalue weighted by Crippen LogP contribution is 2.35. The Bertz CT molecular complexity index is 1120. The molecule has 0 radical (unpaired) electrons. The van der Waals surface area contributed by atoms with Gasteiger partial charge in [-0.1, -0.05) is 43.6 Å². The molecule has 0 bridgehead atoms. The Morgan fingerprint density at radius 2 is 2.03 bits per heavy atom. The third-order valence-corrected chi connectivity index (χ3v) is 8.42. The van der Waals surface area contributed by atoms with Crippen molar-refractivity contribution in [2.45, 2.75) is 65.5 Å². The van der Waals surface area contributed by atoms with E-state index in [1.807, 2.05) is 6.07 Å². The molecule has 1 saturated heterocycles. The molecule has 5 rings (SSSR count). The summed E-state index contributed by atoms with van der Waals surface area (Å²) in [6.45, 7) is 10.4. The number of aryl methyl sites for hydroxylation is 1. The molecule has 5 nitrogen and oxygen atoms in total. The SMILES string of the molecule is CC(C)CN(Cc1cc(Cl)c2c(c1)CCCCO2)C(=O)C1CCCN(Cc2cccc3c2CCN3C)C1. The van der Waals surface area contributed by atoms with Gasteiger partial charge >= 0.3 is 0 Å². The van der Waals surface area contributed by atoms with Gasteiger partial charge in [-0.2, -0.15) is 0 Å². The summed E-state index contributed by atoms with van der Waals surface area (Å²) in [4.78, 5) is 20.9. The predicted molar refractivity (Wildman–Crippen MR) is 152 cm³/mol. The van der Waals surface area contributed by atoms with Gasteiger partial charge in [-0.3, -0.25) is 9.69 Å². The van der Waals surface area contributed by atoms with Gasteiger partial charge in [0.2, 0.25) is 5.91 Å². The van der Waals surface area contributed by atoms with Crippen LogP contribution in [0.15, 0.2) is 30.3 Å². The summed E-state index contributed by atoms with van der Waals surface area (Å²) in [6.07, 6.45) is 6.31. The number of likely N-dealkylation sites (tertiary alicyclic amines) is 1. The van der Waals surface area contributed by atoms with Crippen molar-refractivity contribution in [1.29, 1.82) is 0 Å². The molecule has 1 unspecified atom stereocenters. The van der Waals surface area contributed by atoms with Gasteiger partial charge in [-0.25, -0.2) is 0 Å². The lowest BCUT2D eigenvalue weighted by Crippen LogP contribution is -2.45. The number of ether oxygens (including phenoxy) is 1. The van der Waals surface area contributed by atoms with E-state index in [0.29, 0.717) is 23.4 Å². The largest absolute Gasteiger partial charge is 0.492 e. The van der Waals surface area contributed by atoms with E-state index < -0.39 is 0 Å². The Balaban J connectivity index is 1.29. The normalized spacial score (nSPS) is 19.8. The number of likely N-dealkylation sites (N-methyl/N-ethyl adjacent to an activating group) is 1. The highest BCUT2D eigenvalue weighted by molar-refractivity contribution is 6.32. The maximum absolute atomic E-state index is 13.9. The molecule has 0 saturated carbocycles. The molecule has 0 spiro atoms. The lowest BCUT2D eigenvalue weighted by Gasteiger charge is -2.36. The van der Waals surface area contributed by atoms with E-state index in [9.17, 15) is 4.79 Å². The Labute approximate surface area is 227 Å². The zero-order valence-electron chi connectivity index (χ0n) is 22.8. The molecule has 2 aromatic rings. The van der Waals surface area contributed by atoms with Crippen LogP contribution >= 0.6 is 11.6 Å². The average Bonchev–Trinajstić information content (AvgIpc) is 3.09. The van der Waals surface area contributed by atoms with E-state index in [0.717, 1.165) is 89.2 Å². The molecule has 37 heavy (non-hydrogen) atoms. The second-order valence-electron chi connectivity index (χ2n) is 11.6. The summed E-state index contributed by atoms with van der Waals surface area (Å²) in [6, 6.07) is 10.9. The Hall–Kier alpha value is -2.24. The maximum Gasteiger partial charge on any atom is 0.227 e. The fourth-order valence-corrected chi connectivity index (χ4v) is 6.67. The fourth-order valence-electron chi connectivity index (χ4n) is 6.35. The molecule has 0 aliphatic carbocycles. The third-order valence-electron chi connectivity index (χ3n) is 8.14. The first-order chi connectivity index (χ1) is 17.9. The van der Waals surface area contributed by atoms with Gasteiger partial charge in [0.05, 0.1) is 17.5 Å². The molecule has 1 fully saturated rings. The van der Waals surface area contributed by atoms with Crippen molar-refractivity contribution in [3.8, 4) is 5.75 Å². The summed E-state index contributed by atoms with van der Waals surface area (Å²) in [5, 5.41) is 0.677. The van der Waals surface area contributed by atoms with Crippen molar-refractivity contribution >= 4 is 23.2 Å². The number of fused-ring (bicyclic) bond motifs is 2. The van der Waals surface area contributed by atoms with Gasteiger partial charge in [0, 0.05) is 45.5 Å². The van der Waals surface area contributed by atoms with Crippen molar-refractivity contribution in [2.24, 2.45) is 11.8 Å². The van der Waals surface area contributed by atoms with E-state index in [1.165, 1.54) is 22.4 Å². The summed E-state index contributed by atoms with van der Waals surface area (Å²) in [5.74, 6) is 1.59. The van der Waals surface area contributed by atoms with E-state index in [-0.39, 0.29) is 5.92 Å². The molecule has 3 aliphatic rings. The first kappa shape index (κ1) is 26.4. The van der Waals surface area contributed by atoms with Crippen molar-refractivity contribution in [3.63, 3.8) is 0 Å². The topological polar surface area (TPSA) is 36.0 Å². The highest BCUT2D eigenvalue weighted by atomic mass is 35.5. The van der Waals surface area contributed by atoms with Gasteiger partial charge in [0.1, 0.15) is 5.75 Å². The second-order valence-corrected chi connectivity index (χ2v) is 12.1. The van der Waals surface area contributed by atoms with E-state index in [1.54, 1.807) is 0 Å². The fraction of sp³-hybridized carbons (Fsp3) is 0.581. The molecule has 3 aliphatic heterocycles. The van der Waals surface area contributed by atoms with Crippen LogP contribution in [0.2, 0.25) is 5.02 Å². The van der Waals surface area contributed by atoms with Crippen molar-refractivity contribution < 1.29 is 9.53 Å². The van der Waals surface area contributed by atoms with E-state index in [4.69, 9.17) is 16.3 Å². The van der Waals surface area contributed by atoms with Crippen molar-refractivity contribution in [2.75, 3.05) is 44.7 Å². The average molecular weight is 524 g/mol. The third kappa shape index (κ3) is 6.09. The molecular weight excluding hydrogens is 482 g/mol. The van der Waals surface area contributed by atoms with E-state index >= 15 is 0 Å². The number of rotatable bonds is 7. The number of carbonyl (C=O) groups is 1. The molecular formula is C31H42ClN3O2. The molecule has 2 aromatic carbocycles. The Morgan fingerprint density at radius 1 is 1.16 bits per heavy atom. The van der Waals surface area contributed by atoms with Crippen LogP contribution in [0.1, 0.15) is 61.8 Å². The Kier molecular flexibility index (Phi) is 8.31. The summed E-state index contributed by atoms with van der Waals surface area (Å²) in [5.41, 5.74) is 6.58. The van der Waals surface area contributed by atoms with Crippen LogP contribution in [0.5, 0.6) is 5.75 Å². The van der Waals surface area contributed by atoms with Gasteiger partial charge in [-0.05, 0) is 85.4 Å². The number of halogens is 1. The van der Waals surface area contributed by atoms with Crippen LogP contribution in [-0.2, 0) is 30.7 Å². The van der Waals surface area contributed by atoms with Crippen LogP contribution in [0.3, 0.4) is 0 Å². The monoisotopic (exact) mass is 523 g/mol. The molecule has 6 heteroatoms. The maximum atomic E-state index is 13.9. The van der Waals surface area contributed by atoms with Gasteiger partial charge < -0.3 is 14.5 Å². The van der Waals surface area contributed by atoms with Crippen molar-refractivity contribution in [1.82, 2.24) is 9.80 Å². The lowest BCUT2D eigenvalue weighted by molar-refractivity contribution is -0.138. The number of amides is 1. The van der Waals surface area contributed by atoms with Crippen LogP contribution < -0.4 is 9.64 Å². The molecule has 200 valence electrons. The predicted octanol–water partition coefficient (Wildman–Crippen LogP) is 5.94. The molecule has 3 heterocycles. The molecule has 1 amide bonds. The van der Waals surface area contributed by atoms with E-state index in [2.05, 4.69) is 59.9 Å². The smallest absolute Gasteiger partial charge is 0.227 e. The summed E-state index contributed by atoms with van der Waals surface area (Å²) >= 11 is 6.64. The molecule has 0 aromatic heterocycles. The van der Waals surface area contributed by atoms with Crippen LogP contribution in [0.4, 0.5) is 5.69 Å². The van der Waals surface area contributed by atoms with Crippen LogP contribution in [0, 0.1) is 11.8 Å². The molecule has 0 N–H and O–H groups in total. The summed E-state index contributed by atoms with van der Waals surface area (Å²) < 4.78 is 5.92. The lowest BCUT2D eigenvalue weighted by atomic mass is 9.94. The minimum atomic E-state index is 0.0477. The minimum Gasteiger partial charge on any atom is -0.492 e. The Morgan fingerprint density at radius 3 is 2.86 bits per heavy atom. The first-order valence-electron chi connectivity index (χ1n) is 14.2. The first-order valence-corrected chi connectivity index (χ1v) is 14.5. The van der Waals surface area contributed by atoms with Crippen molar-refractivity contribution in [3.05, 3.63) is 57.6 Å². The number of benzene rings is 2. The number of nitrogens with zero attached hydrogens (tertiary/aromatic N) is 3. The van der Waals surface area contributed by atoms with Crippen LogP contribution in [0.25, 0.3) is 0 Å². The van der Waals surface area contributed by atoms with Crippen LogP contribution in [-0.4, -0.2) is 55.5 Å². The number of carbonyl (C=O) groups excluding carboxylic acids is 1. The minimum absolute atomic E-state index is 0.0477. The number of hydrogen-bond donors (Lipinski definition) is 0. The number of anilines is 1. The highest BCUT2D eigenvalue weighted by Gasteiger charge is 2.31. The zero-order chi connectivity index (χ0) is 25.9.